The van der Waals surface area contributed by atoms with Crippen LogP contribution in [0.25, 0.3) is 5.57 Å². The standard InChI is InChI=1S/C23H23F2NO2/c1-14-11-16(3)19(12-15(14)2)22(28)26-10-9-23(24,25)20(13-17(4)27)18-7-5-6-8-21(18)26/h5-8,11-13H,9-10H2,1-4H3/b20-13-. The second-order valence-corrected chi connectivity index (χ2v) is 7.35. The van der Waals surface area contributed by atoms with Gasteiger partial charge in [-0.05, 0) is 62.6 Å². The second-order valence-electron chi connectivity index (χ2n) is 7.35. The monoisotopic (exact) mass is 383 g/mol. The number of fused-ring (bicyclic) bond motifs is 1. The van der Waals surface area contributed by atoms with Crippen molar-refractivity contribution >= 4 is 23.0 Å². The summed E-state index contributed by atoms with van der Waals surface area (Å²) in [5.41, 5.74) is 3.64. The Labute approximate surface area is 163 Å². The molecule has 0 fully saturated rings. The summed E-state index contributed by atoms with van der Waals surface area (Å²) in [6.45, 7) is 6.85. The molecule has 3 nitrogen and oxygen atoms in total. The van der Waals surface area contributed by atoms with Crippen molar-refractivity contribution < 1.29 is 18.4 Å². The maximum absolute atomic E-state index is 14.8. The summed E-state index contributed by atoms with van der Waals surface area (Å²) in [5.74, 6) is -3.96. The van der Waals surface area contributed by atoms with Crippen LogP contribution in [0.15, 0.2) is 42.5 Å². The number of anilines is 1. The first-order chi connectivity index (χ1) is 13.1. The maximum atomic E-state index is 14.8. The van der Waals surface area contributed by atoms with E-state index in [-0.39, 0.29) is 23.6 Å². The third kappa shape index (κ3) is 3.61. The van der Waals surface area contributed by atoms with Gasteiger partial charge in [-0.2, -0.15) is 0 Å². The van der Waals surface area contributed by atoms with Crippen LogP contribution in [-0.2, 0) is 4.79 Å². The highest BCUT2D eigenvalue weighted by Gasteiger charge is 2.41. The van der Waals surface area contributed by atoms with Crippen molar-refractivity contribution in [1.82, 2.24) is 0 Å². The zero-order chi connectivity index (χ0) is 20.6. The topological polar surface area (TPSA) is 37.4 Å². The van der Waals surface area contributed by atoms with E-state index in [1.807, 2.05) is 32.9 Å². The number of halogens is 2. The zero-order valence-electron chi connectivity index (χ0n) is 16.5. The number of alkyl halides is 2. The molecule has 0 unspecified atom stereocenters. The number of ketones is 1. The molecule has 0 saturated carbocycles. The summed E-state index contributed by atoms with van der Waals surface area (Å²) in [4.78, 5) is 26.3. The Morgan fingerprint density at radius 2 is 1.68 bits per heavy atom. The zero-order valence-corrected chi connectivity index (χ0v) is 16.5. The van der Waals surface area contributed by atoms with Gasteiger partial charge in [0, 0.05) is 29.7 Å². The number of amides is 1. The van der Waals surface area contributed by atoms with Crippen LogP contribution in [-0.4, -0.2) is 24.2 Å². The summed E-state index contributed by atoms with van der Waals surface area (Å²) in [6, 6.07) is 10.3. The minimum Gasteiger partial charge on any atom is -0.308 e. The van der Waals surface area contributed by atoms with Crippen LogP contribution in [0, 0.1) is 20.8 Å². The average Bonchev–Trinajstić information content (AvgIpc) is 2.72. The fourth-order valence-corrected chi connectivity index (χ4v) is 3.58. The van der Waals surface area contributed by atoms with Crippen LogP contribution in [0.4, 0.5) is 14.5 Å². The van der Waals surface area contributed by atoms with Crippen molar-refractivity contribution in [3.05, 3.63) is 70.3 Å². The van der Waals surface area contributed by atoms with Crippen LogP contribution in [0.5, 0.6) is 0 Å². The van der Waals surface area contributed by atoms with Gasteiger partial charge in [-0.25, -0.2) is 8.78 Å². The molecule has 0 atom stereocenters. The fraction of sp³-hybridized carbons (Fsp3) is 0.304. The van der Waals surface area contributed by atoms with Gasteiger partial charge in [-0.1, -0.05) is 24.3 Å². The first kappa shape index (κ1) is 19.9. The number of hydrogen-bond acceptors (Lipinski definition) is 2. The molecule has 1 amide bonds. The highest BCUT2D eigenvalue weighted by Crippen LogP contribution is 2.43. The Bertz CT molecular complexity index is 992. The van der Waals surface area contributed by atoms with Gasteiger partial charge in [0.15, 0.2) is 5.78 Å². The number of allylic oxidation sites excluding steroid dienone is 2. The molecule has 5 heteroatoms. The lowest BCUT2D eigenvalue weighted by molar-refractivity contribution is -0.112. The second kappa shape index (κ2) is 7.30. The fourth-order valence-electron chi connectivity index (χ4n) is 3.58. The van der Waals surface area contributed by atoms with Crippen LogP contribution < -0.4 is 4.90 Å². The van der Waals surface area contributed by atoms with Crippen molar-refractivity contribution in [3.8, 4) is 0 Å². The van der Waals surface area contributed by atoms with E-state index in [0.717, 1.165) is 22.8 Å². The molecule has 0 aromatic heterocycles. The Kier molecular flexibility index (Phi) is 5.20. The summed E-state index contributed by atoms with van der Waals surface area (Å²) in [5, 5.41) is 0. The van der Waals surface area contributed by atoms with Crippen molar-refractivity contribution in [1.29, 1.82) is 0 Å². The van der Waals surface area contributed by atoms with E-state index in [2.05, 4.69) is 0 Å². The Morgan fingerprint density at radius 1 is 1.04 bits per heavy atom. The minimum absolute atomic E-state index is 0.134. The first-order valence-electron chi connectivity index (χ1n) is 9.21. The number of para-hydroxylation sites is 1. The Morgan fingerprint density at radius 3 is 2.36 bits per heavy atom. The number of rotatable bonds is 2. The summed E-state index contributed by atoms with van der Waals surface area (Å²) >= 11 is 0. The largest absolute Gasteiger partial charge is 0.308 e. The molecule has 0 spiro atoms. The van der Waals surface area contributed by atoms with Gasteiger partial charge in [-0.15, -0.1) is 0 Å². The number of hydrogen-bond donors (Lipinski definition) is 0. The Balaban J connectivity index is 2.17. The van der Waals surface area contributed by atoms with E-state index in [4.69, 9.17) is 0 Å². The van der Waals surface area contributed by atoms with Crippen LogP contribution in [0.1, 0.15) is 46.0 Å². The molecule has 1 aliphatic heterocycles. The van der Waals surface area contributed by atoms with E-state index in [1.165, 1.54) is 17.9 Å². The molecular weight excluding hydrogens is 360 g/mol. The number of benzene rings is 2. The smallest absolute Gasteiger partial charge is 0.275 e. The average molecular weight is 383 g/mol. The van der Waals surface area contributed by atoms with Gasteiger partial charge in [0.1, 0.15) is 0 Å². The molecule has 1 heterocycles. The third-order valence-corrected chi connectivity index (χ3v) is 5.19. The molecule has 2 aromatic rings. The molecule has 0 radical (unpaired) electrons. The molecule has 3 rings (SSSR count). The molecule has 0 saturated heterocycles. The number of carbonyl (C=O) groups excluding carboxylic acids is 2. The van der Waals surface area contributed by atoms with Crippen molar-refractivity contribution in [2.24, 2.45) is 0 Å². The SMILES string of the molecule is CC(=O)/C=C1/c2ccccc2N(C(=O)c2cc(C)c(C)cc2C)CCC1(F)F. The quantitative estimate of drug-likeness (QED) is 0.663. The van der Waals surface area contributed by atoms with Gasteiger partial charge in [0.25, 0.3) is 11.8 Å². The summed E-state index contributed by atoms with van der Waals surface area (Å²) in [6.07, 6.45) is 0.435. The van der Waals surface area contributed by atoms with Gasteiger partial charge in [-0.3, -0.25) is 9.59 Å². The van der Waals surface area contributed by atoms with Crippen LogP contribution in [0.2, 0.25) is 0 Å². The predicted octanol–water partition coefficient (Wildman–Crippen LogP) is 5.27. The summed E-state index contributed by atoms with van der Waals surface area (Å²) in [7, 11) is 0. The van der Waals surface area contributed by atoms with Gasteiger partial charge in [0.2, 0.25) is 0 Å². The lowest BCUT2D eigenvalue weighted by Gasteiger charge is -2.24. The molecule has 0 bridgehead atoms. The van der Waals surface area contributed by atoms with E-state index in [9.17, 15) is 18.4 Å². The summed E-state index contributed by atoms with van der Waals surface area (Å²) < 4.78 is 29.7. The lowest BCUT2D eigenvalue weighted by atomic mass is 9.96. The highest BCUT2D eigenvalue weighted by atomic mass is 19.3. The minimum atomic E-state index is -3.20. The number of carbonyl (C=O) groups is 2. The van der Waals surface area contributed by atoms with E-state index in [0.29, 0.717) is 11.3 Å². The predicted molar refractivity (Wildman–Crippen MR) is 107 cm³/mol. The third-order valence-electron chi connectivity index (χ3n) is 5.19. The molecule has 1 aliphatic rings. The highest BCUT2D eigenvalue weighted by molar-refractivity contribution is 6.09. The van der Waals surface area contributed by atoms with Crippen molar-refractivity contribution in [2.75, 3.05) is 11.4 Å². The lowest BCUT2D eigenvalue weighted by Crippen LogP contribution is -2.33. The molecular formula is C23H23F2NO2. The number of aryl methyl sites for hydroxylation is 3. The molecule has 2 aromatic carbocycles. The molecule has 0 N–H and O–H groups in total. The molecule has 146 valence electrons. The van der Waals surface area contributed by atoms with Crippen molar-refractivity contribution in [2.45, 2.75) is 40.0 Å². The normalized spacial score (nSPS) is 17.2. The van der Waals surface area contributed by atoms with Crippen LogP contribution >= 0.6 is 0 Å². The van der Waals surface area contributed by atoms with E-state index >= 15 is 0 Å². The van der Waals surface area contributed by atoms with Gasteiger partial charge in [0.05, 0.1) is 5.69 Å². The van der Waals surface area contributed by atoms with E-state index < -0.39 is 18.1 Å². The van der Waals surface area contributed by atoms with Crippen molar-refractivity contribution in [3.63, 3.8) is 0 Å². The molecule has 0 aliphatic carbocycles. The van der Waals surface area contributed by atoms with Gasteiger partial charge >= 0.3 is 0 Å². The van der Waals surface area contributed by atoms with Crippen LogP contribution in [0.3, 0.4) is 0 Å². The Hall–Kier alpha value is -2.82. The molecule has 28 heavy (non-hydrogen) atoms. The maximum Gasteiger partial charge on any atom is 0.275 e. The first-order valence-corrected chi connectivity index (χ1v) is 9.21. The number of nitrogens with zero attached hydrogens (tertiary/aromatic N) is 1. The van der Waals surface area contributed by atoms with Gasteiger partial charge < -0.3 is 4.90 Å². The van der Waals surface area contributed by atoms with E-state index in [1.54, 1.807) is 18.2 Å².